The predicted molar refractivity (Wildman–Crippen MR) is 106 cm³/mol. The number of para-hydroxylation sites is 1. The molecule has 3 aromatic rings. The van der Waals surface area contributed by atoms with Crippen LogP contribution >= 0.6 is 0 Å². The van der Waals surface area contributed by atoms with Gasteiger partial charge in [-0.25, -0.2) is 13.4 Å². The first-order valence-electron chi connectivity index (χ1n) is 8.96. The van der Waals surface area contributed by atoms with Crippen molar-refractivity contribution in [2.75, 3.05) is 38.2 Å². The summed E-state index contributed by atoms with van der Waals surface area (Å²) >= 11 is 0. The van der Waals surface area contributed by atoms with Crippen LogP contribution in [0.1, 0.15) is 5.56 Å². The second kappa shape index (κ2) is 7.33. The number of hydrogen-bond donors (Lipinski definition) is 0. The van der Waals surface area contributed by atoms with Crippen molar-refractivity contribution in [2.24, 2.45) is 0 Å². The van der Waals surface area contributed by atoms with Crippen LogP contribution in [0.3, 0.4) is 0 Å². The molecular formula is C19H21N5O3S. The van der Waals surface area contributed by atoms with E-state index in [0.29, 0.717) is 43.5 Å². The van der Waals surface area contributed by atoms with Crippen molar-refractivity contribution in [1.29, 1.82) is 0 Å². The van der Waals surface area contributed by atoms with Gasteiger partial charge in [0.05, 0.1) is 12.6 Å². The van der Waals surface area contributed by atoms with Crippen LogP contribution in [0, 0.1) is 6.92 Å². The SMILES string of the molecule is COc1ccnc(N2CCN(S(=O)(=O)c3cccc4cc(C)cnc34)CC2)n1. The van der Waals surface area contributed by atoms with Gasteiger partial charge in [-0.2, -0.15) is 9.29 Å². The largest absolute Gasteiger partial charge is 0.481 e. The lowest BCUT2D eigenvalue weighted by Crippen LogP contribution is -2.49. The molecule has 1 aromatic carbocycles. The van der Waals surface area contributed by atoms with Crippen molar-refractivity contribution in [3.63, 3.8) is 0 Å². The number of pyridine rings is 1. The van der Waals surface area contributed by atoms with Crippen LogP contribution in [0.2, 0.25) is 0 Å². The number of benzene rings is 1. The van der Waals surface area contributed by atoms with Crippen LogP contribution in [0.15, 0.2) is 47.6 Å². The fourth-order valence-electron chi connectivity index (χ4n) is 3.32. The molecule has 0 spiro atoms. The molecule has 0 aliphatic carbocycles. The van der Waals surface area contributed by atoms with E-state index in [1.807, 2.05) is 24.0 Å². The van der Waals surface area contributed by atoms with E-state index in [4.69, 9.17) is 4.74 Å². The molecular weight excluding hydrogens is 378 g/mol. The number of hydrogen-bond acceptors (Lipinski definition) is 7. The van der Waals surface area contributed by atoms with Crippen molar-refractivity contribution in [3.8, 4) is 5.88 Å². The van der Waals surface area contributed by atoms with E-state index in [0.717, 1.165) is 10.9 Å². The van der Waals surface area contributed by atoms with Crippen molar-refractivity contribution in [1.82, 2.24) is 19.3 Å². The van der Waals surface area contributed by atoms with Crippen LogP contribution in [0.5, 0.6) is 5.88 Å². The van der Waals surface area contributed by atoms with Gasteiger partial charge >= 0.3 is 0 Å². The zero-order valence-electron chi connectivity index (χ0n) is 15.7. The number of piperazine rings is 1. The number of aryl methyl sites for hydroxylation is 1. The summed E-state index contributed by atoms with van der Waals surface area (Å²) in [6, 6.07) is 8.89. The highest BCUT2D eigenvalue weighted by molar-refractivity contribution is 7.89. The topological polar surface area (TPSA) is 88.5 Å². The molecule has 0 N–H and O–H groups in total. The highest BCUT2D eigenvalue weighted by atomic mass is 32.2. The number of sulfonamides is 1. The molecule has 2 aromatic heterocycles. The Bertz CT molecular complexity index is 1110. The van der Waals surface area contributed by atoms with Crippen LogP contribution in [-0.2, 0) is 10.0 Å². The van der Waals surface area contributed by atoms with Crippen LogP contribution in [-0.4, -0.2) is 61.0 Å². The third kappa shape index (κ3) is 3.38. The Hall–Kier alpha value is -2.78. The lowest BCUT2D eigenvalue weighted by Gasteiger charge is -2.34. The fraction of sp³-hybridized carbons (Fsp3) is 0.316. The minimum Gasteiger partial charge on any atom is -0.481 e. The fourth-order valence-corrected chi connectivity index (χ4v) is 4.90. The van der Waals surface area contributed by atoms with Crippen molar-refractivity contribution in [2.45, 2.75) is 11.8 Å². The molecule has 1 fully saturated rings. The Morgan fingerprint density at radius 2 is 1.86 bits per heavy atom. The molecule has 146 valence electrons. The van der Waals surface area contributed by atoms with Gasteiger partial charge in [0.25, 0.3) is 0 Å². The Balaban J connectivity index is 1.57. The Morgan fingerprint density at radius 3 is 2.61 bits per heavy atom. The first-order chi connectivity index (χ1) is 13.5. The average molecular weight is 399 g/mol. The highest BCUT2D eigenvalue weighted by Crippen LogP contribution is 2.26. The minimum atomic E-state index is -3.64. The van der Waals surface area contributed by atoms with Gasteiger partial charge in [-0.05, 0) is 24.6 Å². The Morgan fingerprint density at radius 1 is 1.07 bits per heavy atom. The first kappa shape index (κ1) is 18.6. The first-order valence-corrected chi connectivity index (χ1v) is 10.4. The zero-order valence-corrected chi connectivity index (χ0v) is 16.6. The van der Waals surface area contributed by atoms with Gasteiger partial charge in [-0.3, -0.25) is 4.98 Å². The number of rotatable bonds is 4. The number of nitrogens with zero attached hydrogens (tertiary/aromatic N) is 5. The van der Waals surface area contributed by atoms with E-state index in [-0.39, 0.29) is 4.90 Å². The lowest BCUT2D eigenvalue weighted by atomic mass is 10.2. The number of aromatic nitrogens is 3. The smallest absolute Gasteiger partial charge is 0.245 e. The molecule has 9 heteroatoms. The maximum absolute atomic E-state index is 13.2. The van der Waals surface area contributed by atoms with Gasteiger partial charge in [0.2, 0.25) is 21.9 Å². The third-order valence-corrected chi connectivity index (χ3v) is 6.71. The highest BCUT2D eigenvalue weighted by Gasteiger charge is 2.31. The van der Waals surface area contributed by atoms with Gasteiger partial charge in [0.15, 0.2) is 0 Å². The normalized spacial score (nSPS) is 15.7. The summed E-state index contributed by atoms with van der Waals surface area (Å²) < 4.78 is 33.1. The number of ether oxygens (including phenoxy) is 1. The van der Waals surface area contributed by atoms with E-state index in [1.54, 1.807) is 37.7 Å². The van der Waals surface area contributed by atoms with Crippen LogP contribution < -0.4 is 9.64 Å². The standard InChI is InChI=1S/C19H21N5O3S/c1-14-12-15-4-3-5-16(18(15)21-13-14)28(25,26)24-10-8-23(9-11-24)19-20-7-6-17(22-19)27-2/h3-7,12-13H,8-11H2,1-2H3. The summed E-state index contributed by atoms with van der Waals surface area (Å²) in [6.45, 7) is 3.65. The summed E-state index contributed by atoms with van der Waals surface area (Å²) in [5.41, 5.74) is 1.50. The molecule has 8 nitrogen and oxygen atoms in total. The van der Waals surface area contributed by atoms with Crippen molar-refractivity contribution in [3.05, 3.63) is 48.3 Å². The van der Waals surface area contributed by atoms with E-state index < -0.39 is 10.0 Å². The van der Waals surface area contributed by atoms with Gasteiger partial charge in [-0.1, -0.05) is 12.1 Å². The van der Waals surface area contributed by atoms with Gasteiger partial charge in [0.1, 0.15) is 4.90 Å². The molecule has 0 unspecified atom stereocenters. The van der Waals surface area contributed by atoms with Gasteiger partial charge < -0.3 is 9.64 Å². The van der Waals surface area contributed by atoms with E-state index >= 15 is 0 Å². The van der Waals surface area contributed by atoms with Gasteiger partial charge in [0, 0.05) is 50.0 Å². The monoisotopic (exact) mass is 399 g/mol. The van der Waals surface area contributed by atoms with Gasteiger partial charge in [-0.15, -0.1) is 0 Å². The Labute approximate surface area is 163 Å². The molecule has 3 heterocycles. The molecule has 0 bridgehead atoms. The molecule has 1 saturated heterocycles. The van der Waals surface area contributed by atoms with Crippen molar-refractivity contribution < 1.29 is 13.2 Å². The average Bonchev–Trinajstić information content (AvgIpc) is 2.73. The maximum atomic E-state index is 13.2. The molecule has 0 atom stereocenters. The van der Waals surface area contributed by atoms with Crippen LogP contribution in [0.25, 0.3) is 10.9 Å². The molecule has 28 heavy (non-hydrogen) atoms. The lowest BCUT2D eigenvalue weighted by molar-refractivity contribution is 0.377. The third-order valence-electron chi connectivity index (χ3n) is 4.78. The van der Waals surface area contributed by atoms with Crippen LogP contribution in [0.4, 0.5) is 5.95 Å². The minimum absolute atomic E-state index is 0.246. The second-order valence-electron chi connectivity index (χ2n) is 6.63. The number of fused-ring (bicyclic) bond motifs is 1. The molecule has 0 radical (unpaired) electrons. The quantitative estimate of drug-likeness (QED) is 0.661. The Kier molecular flexibility index (Phi) is 4.86. The predicted octanol–water partition coefficient (Wildman–Crippen LogP) is 1.85. The maximum Gasteiger partial charge on any atom is 0.245 e. The molecule has 0 saturated carbocycles. The second-order valence-corrected chi connectivity index (χ2v) is 8.54. The summed E-state index contributed by atoms with van der Waals surface area (Å²) in [7, 11) is -2.09. The molecule has 4 rings (SSSR count). The number of methoxy groups -OCH3 is 1. The molecule has 1 aliphatic heterocycles. The van der Waals surface area contributed by atoms with E-state index in [2.05, 4.69) is 15.0 Å². The summed E-state index contributed by atoms with van der Waals surface area (Å²) in [5, 5.41) is 0.824. The van der Waals surface area contributed by atoms with E-state index in [9.17, 15) is 8.42 Å². The summed E-state index contributed by atoms with van der Waals surface area (Å²) in [5.74, 6) is 1.02. The summed E-state index contributed by atoms with van der Waals surface area (Å²) in [6.07, 6.45) is 3.33. The molecule has 0 amide bonds. The summed E-state index contributed by atoms with van der Waals surface area (Å²) in [4.78, 5) is 15.2. The zero-order chi connectivity index (χ0) is 19.7. The molecule has 1 aliphatic rings. The van der Waals surface area contributed by atoms with Crippen molar-refractivity contribution >= 4 is 26.9 Å². The number of anilines is 1. The van der Waals surface area contributed by atoms with E-state index in [1.165, 1.54) is 4.31 Å².